The van der Waals surface area contributed by atoms with E-state index < -0.39 is 0 Å². The molecule has 1 aromatic heterocycles. The number of rotatable bonds is 2. The van der Waals surface area contributed by atoms with Gasteiger partial charge < -0.3 is 9.80 Å². The maximum absolute atomic E-state index is 12.7. The number of nitrogens with zero attached hydrogens (tertiary/aromatic N) is 3. The first-order chi connectivity index (χ1) is 12.7. The van der Waals surface area contributed by atoms with Gasteiger partial charge in [0.05, 0.1) is 16.9 Å². The molecule has 4 heteroatoms. The van der Waals surface area contributed by atoms with Gasteiger partial charge in [-0.05, 0) is 35.9 Å². The van der Waals surface area contributed by atoms with Crippen LogP contribution in [0.1, 0.15) is 27.0 Å². The third-order valence-corrected chi connectivity index (χ3v) is 5.03. The van der Waals surface area contributed by atoms with E-state index in [1.165, 1.54) is 5.56 Å². The molecule has 1 amide bonds. The summed E-state index contributed by atoms with van der Waals surface area (Å²) in [5.41, 5.74) is 5.92. The second kappa shape index (κ2) is 5.56. The summed E-state index contributed by atoms with van der Waals surface area (Å²) >= 11 is 0. The standard InChI is InChI=1S/C22H17N3O/c1-24-19-13-16-9-6-12-23-21(16)25(14-15-7-3-2-4-8-15)18-11-5-10-17(20(18)19)22(24)26/h2-13H,14H2,1H3. The van der Waals surface area contributed by atoms with Gasteiger partial charge in [-0.15, -0.1) is 0 Å². The fraction of sp³-hybridized carbons (Fsp3) is 0.0909. The SMILES string of the molecule is CN1C(=O)c2cccc3c2C1=Cc1cccnc1N3Cc1ccccc1. The van der Waals surface area contributed by atoms with Crippen molar-refractivity contribution in [2.75, 3.05) is 11.9 Å². The Morgan fingerprint density at radius 2 is 1.81 bits per heavy atom. The van der Waals surface area contributed by atoms with Crippen molar-refractivity contribution in [1.82, 2.24) is 9.88 Å². The molecule has 0 atom stereocenters. The van der Waals surface area contributed by atoms with Gasteiger partial charge >= 0.3 is 0 Å². The Morgan fingerprint density at radius 1 is 0.962 bits per heavy atom. The number of anilines is 2. The summed E-state index contributed by atoms with van der Waals surface area (Å²) < 4.78 is 0. The number of hydrogen-bond donors (Lipinski definition) is 0. The van der Waals surface area contributed by atoms with Crippen molar-refractivity contribution in [2.45, 2.75) is 6.54 Å². The number of amides is 1. The monoisotopic (exact) mass is 339 g/mol. The van der Waals surface area contributed by atoms with E-state index >= 15 is 0 Å². The molecular weight excluding hydrogens is 322 g/mol. The van der Waals surface area contributed by atoms with Crippen molar-refractivity contribution < 1.29 is 4.79 Å². The van der Waals surface area contributed by atoms with Crippen LogP contribution >= 0.6 is 0 Å². The number of hydrogen-bond acceptors (Lipinski definition) is 3. The average molecular weight is 339 g/mol. The normalized spacial score (nSPS) is 14.7. The van der Waals surface area contributed by atoms with Crippen molar-refractivity contribution in [1.29, 1.82) is 0 Å². The quantitative estimate of drug-likeness (QED) is 0.698. The number of aromatic nitrogens is 1. The maximum Gasteiger partial charge on any atom is 0.258 e. The molecule has 2 aliphatic heterocycles. The lowest BCUT2D eigenvalue weighted by atomic mass is 10.0. The molecule has 0 N–H and O–H groups in total. The highest BCUT2D eigenvalue weighted by Gasteiger charge is 2.35. The highest BCUT2D eigenvalue weighted by atomic mass is 16.2. The van der Waals surface area contributed by atoms with Crippen molar-refractivity contribution in [3.63, 3.8) is 0 Å². The van der Waals surface area contributed by atoms with E-state index in [0.717, 1.165) is 33.9 Å². The molecule has 2 aliphatic rings. The van der Waals surface area contributed by atoms with E-state index in [2.05, 4.69) is 40.2 Å². The van der Waals surface area contributed by atoms with Crippen LogP contribution < -0.4 is 4.90 Å². The lowest BCUT2D eigenvalue weighted by Gasteiger charge is -2.26. The van der Waals surface area contributed by atoms with Gasteiger partial charge in [-0.25, -0.2) is 4.98 Å². The number of fused-ring (bicyclic) bond motifs is 1. The zero-order valence-corrected chi connectivity index (χ0v) is 14.4. The van der Waals surface area contributed by atoms with Crippen LogP contribution in [0.3, 0.4) is 0 Å². The Bertz CT molecular complexity index is 1060. The van der Waals surface area contributed by atoms with Gasteiger partial charge in [-0.3, -0.25) is 4.79 Å². The number of carbonyl (C=O) groups excluding carboxylic acids is 1. The summed E-state index contributed by atoms with van der Waals surface area (Å²) in [4.78, 5) is 21.3. The van der Waals surface area contributed by atoms with Crippen LogP contribution in [0.4, 0.5) is 11.5 Å². The summed E-state index contributed by atoms with van der Waals surface area (Å²) in [6.07, 6.45) is 3.89. The minimum atomic E-state index is 0.0418. The van der Waals surface area contributed by atoms with E-state index in [9.17, 15) is 4.79 Å². The molecule has 5 rings (SSSR count). The van der Waals surface area contributed by atoms with Crippen LogP contribution in [-0.4, -0.2) is 22.8 Å². The Morgan fingerprint density at radius 3 is 2.65 bits per heavy atom. The van der Waals surface area contributed by atoms with Crippen molar-refractivity contribution in [3.8, 4) is 0 Å². The first-order valence-electron chi connectivity index (χ1n) is 8.63. The molecule has 0 aliphatic carbocycles. The van der Waals surface area contributed by atoms with Gasteiger partial charge in [-0.2, -0.15) is 0 Å². The zero-order valence-electron chi connectivity index (χ0n) is 14.4. The molecule has 126 valence electrons. The van der Waals surface area contributed by atoms with Gasteiger partial charge in [-0.1, -0.05) is 36.4 Å². The molecule has 4 nitrogen and oxygen atoms in total. The Hall–Kier alpha value is -3.40. The van der Waals surface area contributed by atoms with Crippen LogP contribution in [0.5, 0.6) is 0 Å². The molecule has 0 fully saturated rings. The topological polar surface area (TPSA) is 36.4 Å². The van der Waals surface area contributed by atoms with Crippen LogP contribution in [0.15, 0.2) is 66.9 Å². The van der Waals surface area contributed by atoms with E-state index in [4.69, 9.17) is 0 Å². The van der Waals surface area contributed by atoms with Crippen LogP contribution in [0.2, 0.25) is 0 Å². The minimum absolute atomic E-state index is 0.0418. The first kappa shape index (κ1) is 14.9. The smallest absolute Gasteiger partial charge is 0.258 e. The second-order valence-electron chi connectivity index (χ2n) is 6.58. The summed E-state index contributed by atoms with van der Waals surface area (Å²) in [5, 5.41) is 0. The van der Waals surface area contributed by atoms with E-state index in [0.29, 0.717) is 6.54 Å². The number of carbonyl (C=O) groups is 1. The van der Waals surface area contributed by atoms with Crippen LogP contribution in [0, 0.1) is 0 Å². The lowest BCUT2D eigenvalue weighted by molar-refractivity contribution is 0.0875. The predicted molar refractivity (Wildman–Crippen MR) is 103 cm³/mol. The third kappa shape index (κ3) is 2.09. The summed E-state index contributed by atoms with van der Waals surface area (Å²) in [7, 11) is 1.83. The summed E-state index contributed by atoms with van der Waals surface area (Å²) in [5.74, 6) is 0.951. The van der Waals surface area contributed by atoms with Gasteiger partial charge in [0.15, 0.2) is 0 Å². The van der Waals surface area contributed by atoms with Crippen molar-refractivity contribution in [2.24, 2.45) is 0 Å². The maximum atomic E-state index is 12.7. The molecule has 0 bridgehead atoms. The molecule has 0 radical (unpaired) electrons. The highest BCUT2D eigenvalue weighted by Crippen LogP contribution is 2.45. The molecule has 0 saturated carbocycles. The Labute approximate surface area is 152 Å². The van der Waals surface area contributed by atoms with Gasteiger partial charge in [0.1, 0.15) is 5.82 Å². The number of benzene rings is 2. The van der Waals surface area contributed by atoms with E-state index in [1.54, 1.807) is 4.90 Å². The third-order valence-electron chi connectivity index (χ3n) is 5.03. The average Bonchev–Trinajstić information content (AvgIpc) is 2.85. The molecule has 0 spiro atoms. The molecular formula is C22H17N3O. The molecule has 26 heavy (non-hydrogen) atoms. The molecule has 0 saturated heterocycles. The van der Waals surface area contributed by atoms with E-state index in [-0.39, 0.29) is 5.91 Å². The highest BCUT2D eigenvalue weighted by molar-refractivity contribution is 6.15. The second-order valence-corrected chi connectivity index (χ2v) is 6.58. The fourth-order valence-electron chi connectivity index (χ4n) is 3.77. The fourth-order valence-corrected chi connectivity index (χ4v) is 3.77. The van der Waals surface area contributed by atoms with E-state index in [1.807, 2.05) is 49.6 Å². The van der Waals surface area contributed by atoms with Gasteiger partial charge in [0, 0.05) is 30.9 Å². The van der Waals surface area contributed by atoms with Crippen LogP contribution in [0.25, 0.3) is 11.8 Å². The van der Waals surface area contributed by atoms with Gasteiger partial charge in [0.2, 0.25) is 0 Å². The summed E-state index contributed by atoms with van der Waals surface area (Å²) in [6, 6.07) is 20.3. The largest absolute Gasteiger partial charge is 0.321 e. The molecule has 2 aromatic carbocycles. The number of pyridine rings is 1. The molecule has 0 unspecified atom stereocenters. The lowest BCUT2D eigenvalue weighted by Crippen LogP contribution is -2.19. The van der Waals surface area contributed by atoms with Crippen LogP contribution in [-0.2, 0) is 6.54 Å². The molecule has 3 aromatic rings. The van der Waals surface area contributed by atoms with Crippen molar-refractivity contribution in [3.05, 3.63) is 89.1 Å². The molecule has 3 heterocycles. The minimum Gasteiger partial charge on any atom is -0.321 e. The Kier molecular flexibility index (Phi) is 3.19. The predicted octanol–water partition coefficient (Wildman–Crippen LogP) is 4.32. The zero-order chi connectivity index (χ0) is 17.7. The Balaban J connectivity index is 1.77. The van der Waals surface area contributed by atoms with Crippen molar-refractivity contribution >= 4 is 29.2 Å². The first-order valence-corrected chi connectivity index (χ1v) is 8.63. The van der Waals surface area contributed by atoms with Gasteiger partial charge in [0.25, 0.3) is 5.91 Å². The summed E-state index contributed by atoms with van der Waals surface area (Å²) in [6.45, 7) is 0.695.